The molecule has 0 bridgehead atoms. The third-order valence-corrected chi connectivity index (χ3v) is 5.10. The second-order valence-corrected chi connectivity index (χ2v) is 7.20. The quantitative estimate of drug-likeness (QED) is 0.538. The van der Waals surface area contributed by atoms with Gasteiger partial charge in [0.2, 0.25) is 0 Å². The number of aldehydes is 1. The molecular weight excluding hydrogens is 396 g/mol. The number of carbonyl (C=O) groups excluding carboxylic acids is 2. The second-order valence-electron chi connectivity index (χ2n) is 7.20. The first-order valence-electron chi connectivity index (χ1n) is 9.85. The maximum absolute atomic E-state index is 13.0. The fourth-order valence-corrected chi connectivity index (χ4v) is 3.45. The molecule has 1 unspecified atom stereocenters. The molecule has 0 fully saturated rings. The van der Waals surface area contributed by atoms with Crippen LogP contribution in [-0.4, -0.2) is 36.6 Å². The van der Waals surface area contributed by atoms with Crippen molar-refractivity contribution in [2.45, 2.75) is 19.4 Å². The van der Waals surface area contributed by atoms with Gasteiger partial charge in [-0.3, -0.25) is 9.59 Å². The van der Waals surface area contributed by atoms with Gasteiger partial charge >= 0.3 is 0 Å². The highest BCUT2D eigenvalue weighted by atomic mass is 16.5. The highest BCUT2D eigenvalue weighted by Crippen LogP contribution is 2.34. The van der Waals surface area contributed by atoms with Gasteiger partial charge in [0.1, 0.15) is 18.1 Å². The Morgan fingerprint density at radius 3 is 2.68 bits per heavy atom. The molecule has 7 nitrogen and oxygen atoms in total. The molecule has 1 aromatic heterocycles. The molecule has 158 valence electrons. The van der Waals surface area contributed by atoms with Crippen molar-refractivity contribution in [1.82, 2.24) is 5.01 Å². The number of hydrogen-bond donors (Lipinski definition) is 0. The minimum Gasteiger partial charge on any atom is -0.493 e. The number of ether oxygens (including phenoxy) is 2. The molecule has 0 N–H and O–H groups in total. The average Bonchev–Trinajstić information content (AvgIpc) is 3.48. The third kappa shape index (κ3) is 4.35. The van der Waals surface area contributed by atoms with E-state index in [1.54, 1.807) is 30.5 Å². The molecule has 0 saturated heterocycles. The molecule has 1 aliphatic heterocycles. The van der Waals surface area contributed by atoms with Crippen LogP contribution in [-0.2, 0) is 4.79 Å². The van der Waals surface area contributed by atoms with E-state index in [1.165, 1.54) is 12.1 Å². The van der Waals surface area contributed by atoms with Crippen LogP contribution in [0.3, 0.4) is 0 Å². The lowest BCUT2D eigenvalue weighted by atomic mass is 10.0. The van der Waals surface area contributed by atoms with E-state index in [1.807, 2.05) is 37.3 Å². The van der Waals surface area contributed by atoms with Gasteiger partial charge in [0, 0.05) is 12.0 Å². The largest absolute Gasteiger partial charge is 0.493 e. The number of carbonyl (C=O) groups is 2. The van der Waals surface area contributed by atoms with Crippen molar-refractivity contribution in [3.05, 3.63) is 83.3 Å². The molecule has 0 spiro atoms. The summed E-state index contributed by atoms with van der Waals surface area (Å²) >= 11 is 0. The molecule has 2 aromatic carbocycles. The van der Waals surface area contributed by atoms with Crippen LogP contribution in [0.5, 0.6) is 11.5 Å². The summed E-state index contributed by atoms with van der Waals surface area (Å²) in [6.07, 6.45) is 2.84. The van der Waals surface area contributed by atoms with E-state index >= 15 is 0 Å². The van der Waals surface area contributed by atoms with Crippen molar-refractivity contribution in [2.75, 3.05) is 13.7 Å². The molecule has 0 saturated carbocycles. The van der Waals surface area contributed by atoms with Crippen molar-refractivity contribution >= 4 is 17.9 Å². The third-order valence-electron chi connectivity index (χ3n) is 5.10. The Bertz CT molecular complexity index is 1100. The van der Waals surface area contributed by atoms with Gasteiger partial charge in [0.05, 0.1) is 19.1 Å². The maximum Gasteiger partial charge on any atom is 0.281 e. The van der Waals surface area contributed by atoms with Crippen molar-refractivity contribution in [1.29, 1.82) is 0 Å². The van der Waals surface area contributed by atoms with Crippen LogP contribution in [0.15, 0.2) is 70.4 Å². The molecule has 7 heteroatoms. The van der Waals surface area contributed by atoms with Gasteiger partial charge in [-0.1, -0.05) is 29.8 Å². The normalized spacial score (nSPS) is 15.5. The molecule has 0 radical (unpaired) electrons. The van der Waals surface area contributed by atoms with E-state index in [2.05, 4.69) is 5.10 Å². The summed E-state index contributed by atoms with van der Waals surface area (Å²) in [7, 11) is 1.48. The average molecular weight is 418 g/mol. The molecule has 1 aliphatic rings. The van der Waals surface area contributed by atoms with Crippen molar-refractivity contribution in [2.24, 2.45) is 5.10 Å². The highest BCUT2D eigenvalue weighted by Gasteiger charge is 2.35. The van der Waals surface area contributed by atoms with Crippen LogP contribution >= 0.6 is 0 Å². The fourth-order valence-electron chi connectivity index (χ4n) is 3.45. The SMILES string of the molecule is COc1cc(C=O)ccc1OCC(=O)N1N=C(c2ccc(C)cc2)CC1c1ccco1. The number of methoxy groups -OCH3 is 1. The summed E-state index contributed by atoms with van der Waals surface area (Å²) in [6, 6.07) is 16.1. The molecule has 3 aromatic rings. The number of hydrazone groups is 1. The topological polar surface area (TPSA) is 81.3 Å². The van der Waals surface area contributed by atoms with Crippen molar-refractivity contribution in [3.8, 4) is 11.5 Å². The Morgan fingerprint density at radius 2 is 2.00 bits per heavy atom. The van der Waals surface area contributed by atoms with Crippen LogP contribution in [0, 0.1) is 6.92 Å². The Morgan fingerprint density at radius 1 is 1.19 bits per heavy atom. The van der Waals surface area contributed by atoms with Crippen LogP contribution in [0.25, 0.3) is 0 Å². The minimum absolute atomic E-state index is 0.237. The molecule has 0 aliphatic carbocycles. The van der Waals surface area contributed by atoms with Crippen LogP contribution < -0.4 is 9.47 Å². The minimum atomic E-state index is -0.346. The number of furan rings is 1. The first kappa shape index (κ1) is 20.4. The Kier molecular flexibility index (Phi) is 5.84. The number of benzene rings is 2. The van der Waals surface area contributed by atoms with Gasteiger partial charge in [-0.05, 0) is 42.8 Å². The number of aryl methyl sites for hydroxylation is 1. The maximum atomic E-state index is 13.0. The van der Waals surface area contributed by atoms with E-state index in [-0.39, 0.29) is 18.6 Å². The summed E-state index contributed by atoms with van der Waals surface area (Å²) in [4.78, 5) is 24.0. The predicted octanol–water partition coefficient (Wildman–Crippen LogP) is 4.17. The second kappa shape index (κ2) is 8.87. The summed E-state index contributed by atoms with van der Waals surface area (Å²) in [5.41, 5.74) is 3.38. The molecule has 2 heterocycles. The fraction of sp³-hybridized carbons (Fsp3) is 0.208. The molecule has 31 heavy (non-hydrogen) atoms. The standard InChI is InChI=1S/C24H22N2O5/c1-16-5-8-18(9-6-16)19-13-20(21-4-3-11-30-21)26(25-19)24(28)15-31-22-10-7-17(14-27)12-23(22)29-2/h3-12,14,20H,13,15H2,1-2H3. The first-order valence-corrected chi connectivity index (χ1v) is 9.85. The zero-order valence-electron chi connectivity index (χ0n) is 17.3. The van der Waals surface area contributed by atoms with Crippen molar-refractivity contribution in [3.63, 3.8) is 0 Å². The van der Waals surface area contributed by atoms with E-state index in [9.17, 15) is 9.59 Å². The zero-order chi connectivity index (χ0) is 21.8. The predicted molar refractivity (Wildman–Crippen MR) is 115 cm³/mol. The zero-order valence-corrected chi connectivity index (χ0v) is 17.3. The number of hydrogen-bond acceptors (Lipinski definition) is 6. The van der Waals surface area contributed by atoms with E-state index in [0.717, 1.165) is 23.1 Å². The summed E-state index contributed by atoms with van der Waals surface area (Å²) in [6.45, 7) is 1.79. The van der Waals surface area contributed by atoms with Crippen LogP contribution in [0.4, 0.5) is 0 Å². The van der Waals surface area contributed by atoms with E-state index in [4.69, 9.17) is 13.9 Å². The summed E-state index contributed by atoms with van der Waals surface area (Å²) < 4.78 is 16.5. The lowest BCUT2D eigenvalue weighted by Gasteiger charge is -2.20. The van der Waals surface area contributed by atoms with Crippen LogP contribution in [0.1, 0.15) is 39.7 Å². The van der Waals surface area contributed by atoms with E-state index in [0.29, 0.717) is 29.2 Å². The number of nitrogens with zero attached hydrogens (tertiary/aromatic N) is 2. The summed E-state index contributed by atoms with van der Waals surface area (Å²) in [5.74, 6) is 1.10. The Balaban J connectivity index is 1.55. The number of rotatable bonds is 7. The summed E-state index contributed by atoms with van der Waals surface area (Å²) in [5, 5.41) is 6.01. The lowest BCUT2D eigenvalue weighted by molar-refractivity contribution is -0.135. The van der Waals surface area contributed by atoms with Gasteiger partial charge in [-0.15, -0.1) is 0 Å². The van der Waals surface area contributed by atoms with E-state index < -0.39 is 0 Å². The first-order chi connectivity index (χ1) is 15.1. The molecule has 4 rings (SSSR count). The smallest absolute Gasteiger partial charge is 0.281 e. The van der Waals surface area contributed by atoms with Crippen molar-refractivity contribution < 1.29 is 23.5 Å². The molecule has 1 amide bonds. The molecule has 1 atom stereocenters. The Labute approximate surface area is 179 Å². The van der Waals surface area contributed by atoms with Gasteiger partial charge in [-0.2, -0.15) is 5.10 Å². The lowest BCUT2D eigenvalue weighted by Crippen LogP contribution is -2.31. The van der Waals surface area contributed by atoms with Gasteiger partial charge in [0.25, 0.3) is 5.91 Å². The van der Waals surface area contributed by atoms with Gasteiger partial charge < -0.3 is 13.9 Å². The Hall–Kier alpha value is -3.87. The number of amides is 1. The molecular formula is C24H22N2O5. The highest BCUT2D eigenvalue weighted by molar-refractivity contribution is 6.03. The van der Waals surface area contributed by atoms with Gasteiger partial charge in [0.15, 0.2) is 18.1 Å². The monoisotopic (exact) mass is 418 g/mol. The van der Waals surface area contributed by atoms with Crippen LogP contribution in [0.2, 0.25) is 0 Å². The van der Waals surface area contributed by atoms with Gasteiger partial charge in [-0.25, -0.2) is 5.01 Å².